The summed E-state index contributed by atoms with van der Waals surface area (Å²) in [5.74, 6) is 2.27. The monoisotopic (exact) mass is 335 g/mol. The van der Waals surface area contributed by atoms with Crippen molar-refractivity contribution < 1.29 is 4.52 Å². The summed E-state index contributed by atoms with van der Waals surface area (Å²) in [6, 6.07) is 4.08. The van der Waals surface area contributed by atoms with Crippen LogP contribution in [0.15, 0.2) is 27.2 Å². The molecule has 0 saturated heterocycles. The van der Waals surface area contributed by atoms with E-state index in [0.29, 0.717) is 5.89 Å². The summed E-state index contributed by atoms with van der Waals surface area (Å²) < 4.78 is 7.42. The lowest BCUT2D eigenvalue weighted by Gasteiger charge is -2.08. The molecule has 1 atom stereocenters. The Labute approximate surface area is 137 Å². The Bertz CT molecular complexity index is 734. The summed E-state index contributed by atoms with van der Waals surface area (Å²) in [5.41, 5.74) is 0. The zero-order valence-corrected chi connectivity index (χ0v) is 14.3. The molecule has 0 N–H and O–H groups in total. The maximum atomic E-state index is 5.30. The third kappa shape index (κ3) is 2.93. The highest BCUT2D eigenvalue weighted by Gasteiger charge is 2.20. The topological polar surface area (TPSA) is 69.6 Å². The van der Waals surface area contributed by atoms with E-state index in [2.05, 4.69) is 37.9 Å². The van der Waals surface area contributed by atoms with Crippen molar-refractivity contribution >= 4 is 23.1 Å². The summed E-state index contributed by atoms with van der Waals surface area (Å²) in [4.78, 5) is 5.51. The van der Waals surface area contributed by atoms with Gasteiger partial charge in [0.1, 0.15) is 0 Å². The Morgan fingerprint density at radius 3 is 2.86 bits per heavy atom. The molecule has 22 heavy (non-hydrogen) atoms. The second-order valence-corrected chi connectivity index (χ2v) is 6.95. The number of aryl methyl sites for hydroxylation is 1. The molecule has 3 rings (SSSR count). The molecule has 0 saturated carbocycles. The summed E-state index contributed by atoms with van der Waals surface area (Å²) in [6.07, 6.45) is 0.772. The van der Waals surface area contributed by atoms with Crippen molar-refractivity contribution in [2.24, 2.45) is 0 Å². The van der Waals surface area contributed by atoms with Crippen LogP contribution in [0.4, 0.5) is 0 Å². The first-order chi connectivity index (χ1) is 10.7. The van der Waals surface area contributed by atoms with E-state index in [9.17, 15) is 0 Å². The number of nitrogens with zero attached hydrogens (tertiary/aromatic N) is 5. The van der Waals surface area contributed by atoms with Gasteiger partial charge in [-0.15, -0.1) is 21.5 Å². The Morgan fingerprint density at radius 1 is 1.36 bits per heavy atom. The molecule has 3 aromatic heterocycles. The fraction of sp³-hybridized carbons (Fsp3) is 0.429. The normalized spacial score (nSPS) is 12.7. The largest absolute Gasteiger partial charge is 0.338 e. The van der Waals surface area contributed by atoms with E-state index in [0.717, 1.165) is 34.6 Å². The van der Waals surface area contributed by atoms with Crippen molar-refractivity contribution in [3.63, 3.8) is 0 Å². The quantitative estimate of drug-likeness (QED) is 0.638. The third-order valence-corrected chi connectivity index (χ3v) is 5.14. The average Bonchev–Trinajstić information content (AvgIpc) is 3.26. The fourth-order valence-electron chi connectivity index (χ4n) is 2.03. The Kier molecular flexibility index (Phi) is 4.58. The van der Waals surface area contributed by atoms with Crippen LogP contribution in [-0.2, 0) is 13.0 Å². The lowest BCUT2D eigenvalue weighted by Crippen LogP contribution is -2.00. The van der Waals surface area contributed by atoms with Crippen LogP contribution in [0.25, 0.3) is 10.7 Å². The first-order valence-corrected chi connectivity index (χ1v) is 8.95. The molecule has 0 bridgehead atoms. The maximum Gasteiger partial charge on any atom is 0.239 e. The van der Waals surface area contributed by atoms with Crippen LogP contribution < -0.4 is 0 Å². The van der Waals surface area contributed by atoms with Gasteiger partial charge < -0.3 is 9.09 Å². The molecule has 0 amide bonds. The van der Waals surface area contributed by atoms with E-state index >= 15 is 0 Å². The van der Waals surface area contributed by atoms with Gasteiger partial charge in [0.05, 0.1) is 10.1 Å². The van der Waals surface area contributed by atoms with Crippen molar-refractivity contribution in [2.45, 2.75) is 44.1 Å². The minimum atomic E-state index is 0.0403. The molecular formula is C14H17N5OS2. The average molecular weight is 335 g/mol. The van der Waals surface area contributed by atoms with Crippen molar-refractivity contribution in [3.8, 4) is 10.7 Å². The van der Waals surface area contributed by atoms with Gasteiger partial charge in [-0.05, 0) is 25.3 Å². The van der Waals surface area contributed by atoms with Crippen LogP contribution in [0.3, 0.4) is 0 Å². The molecular weight excluding hydrogens is 318 g/mol. The summed E-state index contributed by atoms with van der Waals surface area (Å²) in [5, 5.41) is 15.6. The lowest BCUT2D eigenvalue weighted by atomic mass is 10.4. The molecule has 0 radical (unpaired) electrons. The molecule has 0 spiro atoms. The molecule has 3 aromatic rings. The zero-order valence-electron chi connectivity index (χ0n) is 12.7. The van der Waals surface area contributed by atoms with Crippen molar-refractivity contribution in [1.29, 1.82) is 0 Å². The van der Waals surface area contributed by atoms with Gasteiger partial charge in [-0.25, -0.2) is 0 Å². The summed E-state index contributed by atoms with van der Waals surface area (Å²) >= 11 is 3.25. The molecule has 3 heterocycles. The van der Waals surface area contributed by atoms with Crippen LogP contribution >= 0.6 is 23.1 Å². The van der Waals surface area contributed by atoms with E-state index < -0.39 is 0 Å². The lowest BCUT2D eigenvalue weighted by molar-refractivity contribution is 0.375. The van der Waals surface area contributed by atoms with E-state index in [1.54, 1.807) is 23.1 Å². The van der Waals surface area contributed by atoms with E-state index in [4.69, 9.17) is 4.52 Å². The Morgan fingerprint density at radius 2 is 2.23 bits per heavy atom. The summed E-state index contributed by atoms with van der Waals surface area (Å²) in [6.45, 7) is 6.96. The molecule has 0 aromatic carbocycles. The molecule has 116 valence electrons. The van der Waals surface area contributed by atoms with Gasteiger partial charge in [0.2, 0.25) is 5.89 Å². The second-order valence-electron chi connectivity index (χ2n) is 4.69. The number of hydrogen-bond acceptors (Lipinski definition) is 7. The van der Waals surface area contributed by atoms with Crippen LogP contribution in [0.1, 0.15) is 37.7 Å². The Balaban J connectivity index is 1.83. The molecule has 0 aliphatic heterocycles. The van der Waals surface area contributed by atoms with Crippen molar-refractivity contribution in [1.82, 2.24) is 24.9 Å². The van der Waals surface area contributed by atoms with Crippen LogP contribution in [0, 0.1) is 0 Å². The molecule has 0 aliphatic rings. The summed E-state index contributed by atoms with van der Waals surface area (Å²) in [7, 11) is 0. The first kappa shape index (κ1) is 15.2. The first-order valence-electron chi connectivity index (χ1n) is 7.19. The van der Waals surface area contributed by atoms with Crippen LogP contribution in [0.5, 0.6) is 0 Å². The van der Waals surface area contributed by atoms with Crippen molar-refractivity contribution in [2.75, 3.05) is 0 Å². The number of thioether (sulfide) groups is 1. The van der Waals surface area contributed by atoms with E-state index in [-0.39, 0.29) is 5.25 Å². The zero-order chi connectivity index (χ0) is 15.5. The van der Waals surface area contributed by atoms with E-state index in [1.807, 2.05) is 25.3 Å². The van der Waals surface area contributed by atoms with Gasteiger partial charge in [0.25, 0.3) is 0 Å². The number of hydrogen-bond donors (Lipinski definition) is 0. The highest BCUT2D eigenvalue weighted by atomic mass is 32.2. The minimum absolute atomic E-state index is 0.0403. The number of thiophene rings is 1. The highest BCUT2D eigenvalue weighted by Crippen LogP contribution is 2.35. The van der Waals surface area contributed by atoms with Gasteiger partial charge in [0, 0.05) is 13.0 Å². The number of rotatable bonds is 6. The van der Waals surface area contributed by atoms with Gasteiger partial charge >= 0.3 is 0 Å². The Hall–Kier alpha value is -1.67. The molecule has 0 aliphatic carbocycles. The third-order valence-electron chi connectivity index (χ3n) is 3.20. The van der Waals surface area contributed by atoms with Crippen molar-refractivity contribution in [3.05, 3.63) is 29.2 Å². The SMILES string of the molecule is CCc1noc(C(C)Sc2nnc(-c3cccs3)n2CC)n1. The predicted octanol–water partition coefficient (Wildman–Crippen LogP) is 3.83. The van der Waals surface area contributed by atoms with Gasteiger partial charge in [0.15, 0.2) is 16.8 Å². The predicted molar refractivity (Wildman–Crippen MR) is 87.0 cm³/mol. The molecule has 1 unspecified atom stereocenters. The fourth-order valence-corrected chi connectivity index (χ4v) is 3.69. The van der Waals surface area contributed by atoms with Crippen LogP contribution in [-0.4, -0.2) is 24.9 Å². The van der Waals surface area contributed by atoms with Crippen LogP contribution in [0.2, 0.25) is 0 Å². The standard InChI is InChI=1S/C14H17N5OS2/c1-4-11-15-13(20-18-11)9(3)22-14-17-16-12(19(14)5-2)10-7-6-8-21-10/h6-9H,4-5H2,1-3H3. The molecule has 8 heteroatoms. The highest BCUT2D eigenvalue weighted by molar-refractivity contribution is 7.99. The maximum absolute atomic E-state index is 5.30. The number of aromatic nitrogens is 5. The van der Waals surface area contributed by atoms with Gasteiger partial charge in [-0.2, -0.15) is 4.98 Å². The molecule has 6 nitrogen and oxygen atoms in total. The van der Waals surface area contributed by atoms with Gasteiger partial charge in [-0.1, -0.05) is 29.9 Å². The van der Waals surface area contributed by atoms with Gasteiger partial charge in [-0.3, -0.25) is 0 Å². The van der Waals surface area contributed by atoms with E-state index in [1.165, 1.54) is 0 Å². The minimum Gasteiger partial charge on any atom is -0.338 e. The smallest absolute Gasteiger partial charge is 0.239 e. The molecule has 0 fully saturated rings. The second kappa shape index (κ2) is 6.62.